The highest BCUT2D eigenvalue weighted by Crippen LogP contribution is 2.22. The largest absolute Gasteiger partial charge is 0.489 e. The molecule has 0 bridgehead atoms. The monoisotopic (exact) mass is 337 g/mol. The Balaban J connectivity index is 2.12. The molecule has 25 heavy (non-hydrogen) atoms. The average molecular weight is 337 g/mol. The number of benzene rings is 2. The molecule has 2 aromatic carbocycles. The molecule has 1 N–H and O–H groups in total. The summed E-state index contributed by atoms with van der Waals surface area (Å²) in [7, 11) is 0. The standard InChI is InChI=1S/C22H27NO2/c1-16(2)13-21(18-9-6-5-7-10-18)23-22(24)19-11-8-12-20(14-19)25-15-17(3)4/h5-12,14,16,21H,3,13,15H2,1-2,4H3,(H,23,24)/t21-/m0/s1. The summed E-state index contributed by atoms with van der Waals surface area (Å²) in [6.45, 7) is 10.5. The molecule has 0 radical (unpaired) electrons. The Labute approximate surface area is 150 Å². The number of rotatable bonds is 8. The van der Waals surface area contributed by atoms with Crippen LogP contribution in [0.25, 0.3) is 0 Å². The van der Waals surface area contributed by atoms with Crippen molar-refractivity contribution in [3.8, 4) is 5.75 Å². The first kappa shape index (κ1) is 18.8. The molecule has 0 fully saturated rings. The van der Waals surface area contributed by atoms with E-state index < -0.39 is 0 Å². The minimum absolute atomic E-state index is 0.00584. The van der Waals surface area contributed by atoms with E-state index in [9.17, 15) is 4.79 Å². The number of carbonyl (C=O) groups excluding carboxylic acids is 1. The maximum absolute atomic E-state index is 12.7. The third-order valence-corrected chi connectivity index (χ3v) is 3.80. The third kappa shape index (κ3) is 6.11. The smallest absolute Gasteiger partial charge is 0.251 e. The van der Waals surface area contributed by atoms with Gasteiger partial charge in [-0.2, -0.15) is 0 Å². The van der Waals surface area contributed by atoms with Crippen LogP contribution in [0.1, 0.15) is 49.2 Å². The van der Waals surface area contributed by atoms with Gasteiger partial charge >= 0.3 is 0 Å². The van der Waals surface area contributed by atoms with Crippen molar-refractivity contribution in [1.82, 2.24) is 5.32 Å². The second-order valence-corrected chi connectivity index (χ2v) is 6.84. The van der Waals surface area contributed by atoms with Crippen LogP contribution in [0, 0.1) is 5.92 Å². The number of hydrogen-bond donors (Lipinski definition) is 1. The van der Waals surface area contributed by atoms with Crippen molar-refractivity contribution in [3.05, 3.63) is 77.9 Å². The molecule has 0 unspecified atom stereocenters. The van der Waals surface area contributed by atoms with Crippen LogP contribution in [0.5, 0.6) is 5.75 Å². The highest BCUT2D eigenvalue weighted by Gasteiger charge is 2.17. The fourth-order valence-electron chi connectivity index (χ4n) is 2.61. The Morgan fingerprint density at radius 3 is 2.48 bits per heavy atom. The molecular weight excluding hydrogens is 310 g/mol. The first-order valence-corrected chi connectivity index (χ1v) is 8.68. The van der Waals surface area contributed by atoms with Gasteiger partial charge in [0.25, 0.3) is 5.91 Å². The van der Waals surface area contributed by atoms with Crippen molar-refractivity contribution in [1.29, 1.82) is 0 Å². The zero-order valence-corrected chi connectivity index (χ0v) is 15.3. The molecule has 2 aromatic rings. The average Bonchev–Trinajstić information content (AvgIpc) is 2.60. The molecule has 0 heterocycles. The van der Waals surface area contributed by atoms with Gasteiger partial charge in [-0.25, -0.2) is 0 Å². The van der Waals surface area contributed by atoms with Gasteiger partial charge in [0.2, 0.25) is 0 Å². The van der Waals surface area contributed by atoms with E-state index in [2.05, 4.69) is 37.9 Å². The summed E-state index contributed by atoms with van der Waals surface area (Å²) < 4.78 is 5.63. The van der Waals surface area contributed by atoms with Gasteiger partial charge in [-0.3, -0.25) is 4.79 Å². The lowest BCUT2D eigenvalue weighted by Gasteiger charge is -2.21. The lowest BCUT2D eigenvalue weighted by atomic mass is 9.96. The molecule has 0 aromatic heterocycles. The summed E-state index contributed by atoms with van der Waals surface area (Å²) in [5, 5.41) is 3.16. The fourth-order valence-corrected chi connectivity index (χ4v) is 2.61. The van der Waals surface area contributed by atoms with Gasteiger partial charge in [0.1, 0.15) is 12.4 Å². The van der Waals surface area contributed by atoms with Crippen molar-refractivity contribution in [2.75, 3.05) is 6.61 Å². The predicted octanol–water partition coefficient (Wildman–Crippen LogP) is 5.16. The van der Waals surface area contributed by atoms with E-state index in [0.717, 1.165) is 17.6 Å². The summed E-state index contributed by atoms with van der Waals surface area (Å²) in [4.78, 5) is 12.7. The molecule has 2 rings (SSSR count). The number of nitrogens with one attached hydrogen (secondary N) is 1. The summed E-state index contributed by atoms with van der Waals surface area (Å²) in [5.41, 5.74) is 2.67. The van der Waals surface area contributed by atoms with Crippen LogP contribution in [0.4, 0.5) is 0 Å². The van der Waals surface area contributed by atoms with Gasteiger partial charge in [0, 0.05) is 5.56 Å². The van der Waals surface area contributed by atoms with Crippen LogP contribution in [0.2, 0.25) is 0 Å². The first-order valence-electron chi connectivity index (χ1n) is 8.68. The molecule has 0 aliphatic rings. The molecular formula is C22H27NO2. The van der Waals surface area contributed by atoms with Crippen LogP contribution in [0.15, 0.2) is 66.7 Å². The van der Waals surface area contributed by atoms with Gasteiger partial charge in [-0.15, -0.1) is 0 Å². The molecule has 3 heteroatoms. The number of ether oxygens (including phenoxy) is 1. The highest BCUT2D eigenvalue weighted by atomic mass is 16.5. The van der Waals surface area contributed by atoms with E-state index in [0.29, 0.717) is 23.8 Å². The van der Waals surface area contributed by atoms with Crippen molar-refractivity contribution in [3.63, 3.8) is 0 Å². The Hall–Kier alpha value is -2.55. The summed E-state index contributed by atoms with van der Waals surface area (Å²) in [6.07, 6.45) is 0.890. The zero-order valence-electron chi connectivity index (χ0n) is 15.3. The third-order valence-electron chi connectivity index (χ3n) is 3.80. The first-order chi connectivity index (χ1) is 12.0. The SMILES string of the molecule is C=C(C)COc1cccc(C(=O)N[C@@H](CC(C)C)c2ccccc2)c1. The van der Waals surface area contributed by atoms with Crippen LogP contribution >= 0.6 is 0 Å². The maximum atomic E-state index is 12.7. The van der Waals surface area contributed by atoms with Crippen LogP contribution in [0.3, 0.4) is 0 Å². The minimum atomic E-state index is -0.0877. The molecule has 3 nitrogen and oxygen atoms in total. The van der Waals surface area contributed by atoms with E-state index in [1.54, 1.807) is 12.1 Å². The van der Waals surface area contributed by atoms with Gasteiger partial charge in [0.05, 0.1) is 6.04 Å². The molecule has 0 saturated heterocycles. The summed E-state index contributed by atoms with van der Waals surface area (Å²) >= 11 is 0. The lowest BCUT2D eigenvalue weighted by molar-refractivity contribution is 0.0931. The van der Waals surface area contributed by atoms with Gasteiger partial charge in [0.15, 0.2) is 0 Å². The Kier molecular flexibility index (Phi) is 6.81. The van der Waals surface area contributed by atoms with E-state index in [1.807, 2.05) is 37.3 Å². The Bertz CT molecular complexity index is 707. The van der Waals surface area contributed by atoms with Crippen LogP contribution in [-0.2, 0) is 0 Å². The van der Waals surface area contributed by atoms with E-state index in [-0.39, 0.29) is 11.9 Å². The molecule has 1 atom stereocenters. The van der Waals surface area contributed by atoms with Crippen LogP contribution < -0.4 is 10.1 Å². The predicted molar refractivity (Wildman–Crippen MR) is 103 cm³/mol. The molecule has 0 saturated carbocycles. The highest BCUT2D eigenvalue weighted by molar-refractivity contribution is 5.94. The van der Waals surface area contributed by atoms with Crippen molar-refractivity contribution in [2.24, 2.45) is 5.92 Å². The minimum Gasteiger partial charge on any atom is -0.489 e. The fraction of sp³-hybridized carbons (Fsp3) is 0.318. The summed E-state index contributed by atoms with van der Waals surface area (Å²) in [5.74, 6) is 1.07. The van der Waals surface area contributed by atoms with Gasteiger partial charge in [-0.05, 0) is 48.6 Å². The zero-order chi connectivity index (χ0) is 18.2. The maximum Gasteiger partial charge on any atom is 0.251 e. The van der Waals surface area contributed by atoms with Gasteiger partial charge < -0.3 is 10.1 Å². The Morgan fingerprint density at radius 1 is 1.12 bits per heavy atom. The van der Waals surface area contributed by atoms with Gasteiger partial charge in [-0.1, -0.05) is 56.8 Å². The van der Waals surface area contributed by atoms with Crippen molar-refractivity contribution in [2.45, 2.75) is 33.2 Å². The second kappa shape index (κ2) is 9.07. The quantitative estimate of drug-likeness (QED) is 0.676. The topological polar surface area (TPSA) is 38.3 Å². The summed E-state index contributed by atoms with van der Waals surface area (Å²) in [6, 6.07) is 17.4. The molecule has 0 aliphatic heterocycles. The molecule has 0 spiro atoms. The van der Waals surface area contributed by atoms with E-state index >= 15 is 0 Å². The molecule has 1 amide bonds. The normalized spacial score (nSPS) is 11.8. The van der Waals surface area contributed by atoms with Crippen LogP contribution in [-0.4, -0.2) is 12.5 Å². The molecule has 0 aliphatic carbocycles. The number of amides is 1. The number of hydrogen-bond acceptors (Lipinski definition) is 2. The lowest BCUT2D eigenvalue weighted by Crippen LogP contribution is -2.29. The molecule has 132 valence electrons. The second-order valence-electron chi connectivity index (χ2n) is 6.84. The van der Waals surface area contributed by atoms with Crippen molar-refractivity contribution < 1.29 is 9.53 Å². The van der Waals surface area contributed by atoms with E-state index in [4.69, 9.17) is 4.74 Å². The van der Waals surface area contributed by atoms with E-state index in [1.165, 1.54) is 0 Å². The van der Waals surface area contributed by atoms with Crippen molar-refractivity contribution >= 4 is 5.91 Å². The number of carbonyl (C=O) groups is 1. The Morgan fingerprint density at radius 2 is 1.84 bits per heavy atom.